The molecule has 1 aromatic carbocycles. The van der Waals surface area contributed by atoms with Gasteiger partial charge in [-0.25, -0.2) is 0 Å². The normalized spacial score (nSPS) is 10.2. The molecule has 3 N–H and O–H groups in total. The zero-order valence-electron chi connectivity index (χ0n) is 11.3. The summed E-state index contributed by atoms with van der Waals surface area (Å²) in [5, 5.41) is 3.35. The highest BCUT2D eigenvalue weighted by molar-refractivity contribution is 7.80. The summed E-state index contributed by atoms with van der Waals surface area (Å²) in [6.45, 7) is 0.674. The zero-order valence-corrected chi connectivity index (χ0v) is 12.1. The average Bonchev–Trinajstić information content (AvgIpc) is 2.47. The van der Waals surface area contributed by atoms with Crippen molar-refractivity contribution in [3.8, 4) is 0 Å². The van der Waals surface area contributed by atoms with Crippen LogP contribution in [0.4, 0.5) is 11.4 Å². The molecule has 0 amide bonds. The smallest absolute Gasteiger partial charge is 0.106 e. The molecule has 4 nitrogen and oxygen atoms in total. The minimum Gasteiger partial charge on any atom is -0.389 e. The first-order valence-electron chi connectivity index (χ1n) is 6.30. The third kappa shape index (κ3) is 3.53. The summed E-state index contributed by atoms with van der Waals surface area (Å²) in [7, 11) is 1.70. The van der Waals surface area contributed by atoms with Crippen molar-refractivity contribution in [2.24, 2.45) is 5.73 Å². The number of anilines is 2. The minimum absolute atomic E-state index is 0.351. The second-order valence-electron chi connectivity index (χ2n) is 4.31. The Bertz CT molecular complexity index is 601. The number of benzene rings is 1. The van der Waals surface area contributed by atoms with E-state index >= 15 is 0 Å². The highest BCUT2D eigenvalue weighted by Crippen LogP contribution is 2.23. The second kappa shape index (κ2) is 6.98. The van der Waals surface area contributed by atoms with Gasteiger partial charge >= 0.3 is 0 Å². The van der Waals surface area contributed by atoms with Crippen molar-refractivity contribution in [1.29, 1.82) is 0 Å². The maximum atomic E-state index is 5.73. The van der Waals surface area contributed by atoms with Crippen molar-refractivity contribution in [3.63, 3.8) is 0 Å². The molecule has 104 valence electrons. The van der Waals surface area contributed by atoms with Crippen molar-refractivity contribution < 1.29 is 4.74 Å². The number of pyridine rings is 1. The van der Waals surface area contributed by atoms with Gasteiger partial charge in [-0.3, -0.25) is 4.98 Å². The lowest BCUT2D eigenvalue weighted by Crippen LogP contribution is -2.12. The molecule has 1 heterocycles. The largest absolute Gasteiger partial charge is 0.389 e. The van der Waals surface area contributed by atoms with Crippen LogP contribution in [0.2, 0.25) is 0 Å². The van der Waals surface area contributed by atoms with Crippen LogP contribution >= 0.6 is 12.2 Å². The molecule has 0 saturated carbocycles. The molecular formula is C15H17N3OS. The van der Waals surface area contributed by atoms with E-state index < -0.39 is 0 Å². The Balaban J connectivity index is 2.28. The van der Waals surface area contributed by atoms with Crippen molar-refractivity contribution in [2.75, 3.05) is 19.0 Å². The number of nitrogens with two attached hydrogens (primary N) is 1. The summed E-state index contributed by atoms with van der Waals surface area (Å²) >= 11 is 5.06. The van der Waals surface area contributed by atoms with Crippen molar-refractivity contribution in [3.05, 3.63) is 53.9 Å². The summed E-state index contributed by atoms with van der Waals surface area (Å²) in [5.74, 6) is 0. The lowest BCUT2D eigenvalue weighted by Gasteiger charge is -2.14. The molecular weight excluding hydrogens is 270 g/mol. The van der Waals surface area contributed by atoms with Gasteiger partial charge in [0.25, 0.3) is 0 Å². The lowest BCUT2D eigenvalue weighted by atomic mass is 10.1. The number of nitrogens with one attached hydrogen (secondary N) is 1. The molecule has 1 aromatic heterocycles. The van der Waals surface area contributed by atoms with Gasteiger partial charge in [0.05, 0.1) is 18.5 Å². The van der Waals surface area contributed by atoms with E-state index in [9.17, 15) is 0 Å². The van der Waals surface area contributed by atoms with Crippen LogP contribution in [0.25, 0.3) is 0 Å². The summed E-state index contributed by atoms with van der Waals surface area (Å²) in [6, 6.07) is 9.88. The van der Waals surface area contributed by atoms with E-state index in [2.05, 4.69) is 16.4 Å². The molecule has 0 bridgehead atoms. The number of hydrogen-bond acceptors (Lipinski definition) is 4. The molecule has 0 aliphatic heterocycles. The van der Waals surface area contributed by atoms with Crippen LogP contribution in [0.5, 0.6) is 0 Å². The van der Waals surface area contributed by atoms with Gasteiger partial charge in [-0.05, 0) is 24.1 Å². The van der Waals surface area contributed by atoms with Gasteiger partial charge in [-0.2, -0.15) is 0 Å². The molecule has 0 spiro atoms. The molecule has 0 aliphatic carbocycles. The van der Waals surface area contributed by atoms with Crippen LogP contribution in [0.1, 0.15) is 11.1 Å². The molecule has 0 unspecified atom stereocenters. The number of ether oxygens (including phenoxy) is 1. The number of rotatable bonds is 6. The molecule has 0 atom stereocenters. The molecule has 0 radical (unpaired) electrons. The fourth-order valence-electron chi connectivity index (χ4n) is 1.93. The Morgan fingerprint density at radius 2 is 2.10 bits per heavy atom. The fourth-order valence-corrected chi connectivity index (χ4v) is 2.10. The van der Waals surface area contributed by atoms with Crippen molar-refractivity contribution in [2.45, 2.75) is 6.42 Å². The zero-order chi connectivity index (χ0) is 14.4. The first-order valence-corrected chi connectivity index (χ1v) is 6.71. The lowest BCUT2D eigenvalue weighted by molar-refractivity contribution is 0.202. The Kier molecular flexibility index (Phi) is 5.03. The molecule has 2 aromatic rings. The third-order valence-electron chi connectivity index (χ3n) is 2.95. The maximum Gasteiger partial charge on any atom is 0.106 e. The van der Waals surface area contributed by atoms with Gasteiger partial charge in [0.2, 0.25) is 0 Å². The third-order valence-corrected chi connectivity index (χ3v) is 3.17. The molecule has 0 fully saturated rings. The molecule has 0 saturated heterocycles. The van der Waals surface area contributed by atoms with Gasteiger partial charge < -0.3 is 15.8 Å². The molecule has 5 heteroatoms. The minimum atomic E-state index is 0.351. The van der Waals surface area contributed by atoms with Crippen LogP contribution in [-0.2, 0) is 11.2 Å². The van der Waals surface area contributed by atoms with E-state index in [0.717, 1.165) is 23.4 Å². The predicted octanol–water partition coefficient (Wildman–Crippen LogP) is 2.65. The summed E-state index contributed by atoms with van der Waals surface area (Å²) in [5.41, 5.74) is 9.51. The van der Waals surface area contributed by atoms with E-state index in [1.807, 2.05) is 24.3 Å². The van der Waals surface area contributed by atoms with E-state index in [4.69, 9.17) is 22.7 Å². The summed E-state index contributed by atoms with van der Waals surface area (Å²) in [6.07, 6.45) is 4.24. The van der Waals surface area contributed by atoms with Crippen molar-refractivity contribution in [1.82, 2.24) is 4.98 Å². The quantitative estimate of drug-likeness (QED) is 0.800. The van der Waals surface area contributed by atoms with Gasteiger partial charge in [-0.15, -0.1) is 0 Å². The average molecular weight is 287 g/mol. The van der Waals surface area contributed by atoms with Crippen LogP contribution in [0.3, 0.4) is 0 Å². The van der Waals surface area contributed by atoms with Gasteiger partial charge in [0.1, 0.15) is 4.99 Å². The number of thiocarbonyl (C=S) groups is 1. The Morgan fingerprint density at radius 3 is 2.85 bits per heavy atom. The number of aromatic nitrogens is 1. The maximum absolute atomic E-state index is 5.73. The van der Waals surface area contributed by atoms with Gasteiger partial charge in [-0.1, -0.05) is 30.4 Å². The Hall–Kier alpha value is -1.98. The van der Waals surface area contributed by atoms with Crippen LogP contribution in [0, 0.1) is 0 Å². The molecule has 0 aliphatic rings. The predicted molar refractivity (Wildman–Crippen MR) is 85.4 cm³/mol. The number of methoxy groups -OCH3 is 1. The van der Waals surface area contributed by atoms with Crippen LogP contribution < -0.4 is 11.1 Å². The number of para-hydroxylation sites is 1. The van der Waals surface area contributed by atoms with Gasteiger partial charge in [0, 0.05) is 24.6 Å². The second-order valence-corrected chi connectivity index (χ2v) is 4.75. The monoisotopic (exact) mass is 287 g/mol. The fraction of sp³-hybridized carbons (Fsp3) is 0.200. The Morgan fingerprint density at radius 1 is 1.30 bits per heavy atom. The van der Waals surface area contributed by atoms with E-state index in [1.165, 1.54) is 5.56 Å². The van der Waals surface area contributed by atoms with E-state index in [1.54, 1.807) is 19.5 Å². The van der Waals surface area contributed by atoms with E-state index in [0.29, 0.717) is 11.6 Å². The summed E-state index contributed by atoms with van der Waals surface area (Å²) < 4.78 is 5.13. The van der Waals surface area contributed by atoms with E-state index in [-0.39, 0.29) is 0 Å². The highest BCUT2D eigenvalue weighted by atomic mass is 32.1. The van der Waals surface area contributed by atoms with Crippen LogP contribution in [-0.4, -0.2) is 23.7 Å². The number of hydrogen-bond donors (Lipinski definition) is 2. The summed E-state index contributed by atoms with van der Waals surface area (Å²) in [4.78, 5) is 4.46. The first-order chi connectivity index (χ1) is 9.72. The van der Waals surface area contributed by atoms with Crippen LogP contribution in [0.15, 0.2) is 42.7 Å². The SMILES string of the molecule is COCCc1ccccc1Nc1cnccc1C(N)=S. The standard InChI is InChI=1S/C15H17N3OS/c1-19-9-7-11-4-2-3-5-13(11)18-14-10-17-8-6-12(14)15(16)20/h2-6,8,10,18H,7,9H2,1H3,(H2,16,20). The van der Waals surface area contributed by atoms with Crippen molar-refractivity contribution >= 4 is 28.6 Å². The Labute approximate surface area is 124 Å². The first kappa shape index (κ1) is 14.4. The number of nitrogens with zero attached hydrogens (tertiary/aromatic N) is 1. The molecule has 2 rings (SSSR count). The molecule has 20 heavy (non-hydrogen) atoms. The highest BCUT2D eigenvalue weighted by Gasteiger charge is 2.07. The van der Waals surface area contributed by atoms with Gasteiger partial charge in [0.15, 0.2) is 0 Å². The topological polar surface area (TPSA) is 60.2 Å².